The average Bonchev–Trinajstić information content (AvgIpc) is 2.24. The molecule has 8 heteroatoms. The van der Waals surface area contributed by atoms with E-state index in [1.54, 1.807) is 0 Å². The number of hydrogen-bond donors (Lipinski definition) is 1. The molecule has 0 radical (unpaired) electrons. The molecule has 0 amide bonds. The molecule has 5 nitrogen and oxygen atoms in total. The van der Waals surface area contributed by atoms with E-state index >= 15 is 0 Å². The Bertz CT molecular complexity index is 268. The van der Waals surface area contributed by atoms with Gasteiger partial charge in [0, 0.05) is 0 Å². The Morgan fingerprint density at radius 1 is 0.900 bits per heavy atom. The quantitative estimate of drug-likeness (QED) is 0.276. The van der Waals surface area contributed by atoms with Crippen LogP contribution in [-0.4, -0.2) is 42.4 Å². The van der Waals surface area contributed by atoms with Gasteiger partial charge in [-0.15, -0.1) is 0 Å². The van der Waals surface area contributed by atoms with Gasteiger partial charge in [0.2, 0.25) is 0 Å². The first-order chi connectivity index (χ1) is 8.06. The van der Waals surface area contributed by atoms with Gasteiger partial charge in [-0.1, -0.05) is 64.7 Å². The van der Waals surface area contributed by atoms with Crippen LogP contribution in [-0.2, 0) is 14.6 Å². The standard InChI is InChI=1S/C12H26O4S.Al.Na.H2O.4H/c1-2-3-4-5-6-7-8-9-10-11-12-16-17(13,14)15;;;;;;;/h2-12H2,1H3,(H,13,14,15);;;1H2;;;;/q;;+1;;;;;-1. The van der Waals surface area contributed by atoms with Crippen molar-refractivity contribution in [2.75, 3.05) is 6.61 Å². The van der Waals surface area contributed by atoms with Crippen LogP contribution < -0.4 is 29.6 Å². The van der Waals surface area contributed by atoms with Crippen molar-refractivity contribution in [3.63, 3.8) is 0 Å². The molecular weight excluding hydrogens is 306 g/mol. The second-order valence-electron chi connectivity index (χ2n) is 4.43. The Kier molecular flexibility index (Phi) is 29.9. The number of rotatable bonds is 12. The Labute approximate surface area is 158 Å². The first-order valence-electron chi connectivity index (χ1n) is 6.68. The van der Waals surface area contributed by atoms with Gasteiger partial charge >= 0.3 is 40.0 Å². The molecular formula is C12H32AlNaO5S. The fraction of sp³-hybridized carbons (Fsp3) is 1.00. The maximum atomic E-state index is 10.2. The van der Waals surface area contributed by atoms with Gasteiger partial charge < -0.3 is 6.90 Å². The maximum Gasteiger partial charge on any atom is 1.00 e. The topological polar surface area (TPSA) is 95.1 Å². The third kappa shape index (κ3) is 27.7. The van der Waals surface area contributed by atoms with Crippen LogP contribution in [0.4, 0.5) is 0 Å². The second-order valence-corrected chi connectivity index (χ2v) is 5.52. The smallest absolute Gasteiger partial charge is 1.00 e. The molecule has 3 N–H and O–H groups in total. The molecule has 0 saturated carbocycles. The molecule has 0 aromatic heterocycles. The van der Waals surface area contributed by atoms with Gasteiger partial charge in [-0.3, -0.25) is 4.55 Å². The van der Waals surface area contributed by atoms with Crippen LogP contribution in [0.25, 0.3) is 0 Å². The molecule has 0 aliphatic heterocycles. The summed E-state index contributed by atoms with van der Waals surface area (Å²) in [7, 11) is -4.23. The third-order valence-electron chi connectivity index (χ3n) is 2.73. The molecule has 0 heterocycles. The summed E-state index contributed by atoms with van der Waals surface area (Å²) in [5.74, 6) is 0. The zero-order valence-corrected chi connectivity index (χ0v) is 15.2. The fourth-order valence-electron chi connectivity index (χ4n) is 1.75. The van der Waals surface area contributed by atoms with Crippen molar-refractivity contribution >= 4 is 27.8 Å². The van der Waals surface area contributed by atoms with Gasteiger partial charge in [-0.2, -0.15) is 8.42 Å². The van der Waals surface area contributed by atoms with Crippen molar-refractivity contribution in [3.8, 4) is 0 Å². The molecule has 0 aliphatic carbocycles. The minimum Gasteiger partial charge on any atom is -1.00 e. The van der Waals surface area contributed by atoms with Gasteiger partial charge in [0.15, 0.2) is 17.4 Å². The molecule has 0 spiro atoms. The van der Waals surface area contributed by atoms with Gasteiger partial charge in [-0.05, 0) is 6.42 Å². The predicted octanol–water partition coefficient (Wildman–Crippen LogP) is -1.17. The van der Waals surface area contributed by atoms with Crippen LogP contribution in [0.2, 0.25) is 0 Å². The summed E-state index contributed by atoms with van der Waals surface area (Å²) in [4.78, 5) is 0. The van der Waals surface area contributed by atoms with Gasteiger partial charge in [0.1, 0.15) is 0 Å². The molecule has 0 unspecified atom stereocenters. The van der Waals surface area contributed by atoms with Crippen molar-refractivity contribution in [2.45, 2.75) is 71.1 Å². The molecule has 0 fully saturated rings. The van der Waals surface area contributed by atoms with E-state index in [-0.39, 0.29) is 60.4 Å². The molecule has 0 bridgehead atoms. The molecule has 0 atom stereocenters. The van der Waals surface area contributed by atoms with E-state index in [9.17, 15) is 8.42 Å². The van der Waals surface area contributed by atoms with Crippen LogP contribution in [0, 0.1) is 0 Å². The molecule has 0 aromatic carbocycles. The molecule has 0 aliphatic rings. The van der Waals surface area contributed by atoms with E-state index < -0.39 is 10.4 Å². The van der Waals surface area contributed by atoms with Crippen LogP contribution in [0.5, 0.6) is 0 Å². The third-order valence-corrected chi connectivity index (χ3v) is 3.19. The molecule has 20 heavy (non-hydrogen) atoms. The van der Waals surface area contributed by atoms with Crippen molar-refractivity contribution in [3.05, 3.63) is 0 Å². The molecule has 0 aromatic rings. The largest absolute Gasteiger partial charge is 1.00 e. The van der Waals surface area contributed by atoms with Gasteiger partial charge in [0.05, 0.1) is 6.61 Å². The number of hydrogen-bond acceptors (Lipinski definition) is 3. The van der Waals surface area contributed by atoms with Crippen LogP contribution >= 0.6 is 0 Å². The first-order valence-corrected chi connectivity index (χ1v) is 8.04. The fourth-order valence-corrected chi connectivity index (χ4v) is 2.08. The molecule has 0 rings (SSSR count). The average molecular weight is 338 g/mol. The van der Waals surface area contributed by atoms with E-state index in [4.69, 9.17) is 4.55 Å². The Morgan fingerprint density at radius 2 is 1.25 bits per heavy atom. The first kappa shape index (κ1) is 29.4. The van der Waals surface area contributed by atoms with E-state index in [0.29, 0.717) is 6.42 Å². The zero-order chi connectivity index (χ0) is 13.0. The Morgan fingerprint density at radius 3 is 1.60 bits per heavy atom. The summed E-state index contributed by atoms with van der Waals surface area (Å²) in [5.41, 5.74) is 0. The van der Waals surface area contributed by atoms with Crippen molar-refractivity contribution < 1.29 is 53.6 Å². The normalized spacial score (nSPS) is 10.1. The summed E-state index contributed by atoms with van der Waals surface area (Å²) in [6, 6.07) is 0. The Hall–Kier alpha value is 1.36. The molecule has 120 valence electrons. The van der Waals surface area contributed by atoms with Crippen molar-refractivity contribution in [1.29, 1.82) is 0 Å². The van der Waals surface area contributed by atoms with E-state index in [1.165, 1.54) is 44.9 Å². The van der Waals surface area contributed by atoms with Crippen molar-refractivity contribution in [1.82, 2.24) is 0 Å². The summed E-state index contributed by atoms with van der Waals surface area (Å²) in [6.07, 6.45) is 11.9. The van der Waals surface area contributed by atoms with E-state index in [0.717, 1.165) is 12.8 Å². The van der Waals surface area contributed by atoms with Crippen LogP contribution in [0.3, 0.4) is 0 Å². The minimum atomic E-state index is -4.23. The maximum absolute atomic E-state index is 10.2. The summed E-state index contributed by atoms with van der Waals surface area (Å²) in [6.45, 7) is 2.31. The summed E-state index contributed by atoms with van der Waals surface area (Å²) < 4.78 is 33.0. The van der Waals surface area contributed by atoms with E-state index in [2.05, 4.69) is 11.1 Å². The second kappa shape index (κ2) is 20.4. The summed E-state index contributed by atoms with van der Waals surface area (Å²) >= 11 is 0. The van der Waals surface area contributed by atoms with E-state index in [1.807, 2.05) is 0 Å². The predicted molar refractivity (Wildman–Crippen MR) is 84.0 cm³/mol. The van der Waals surface area contributed by atoms with Crippen LogP contribution in [0.15, 0.2) is 0 Å². The molecule has 0 saturated heterocycles. The monoisotopic (exact) mass is 338 g/mol. The minimum absolute atomic E-state index is 0. The van der Waals surface area contributed by atoms with Crippen LogP contribution in [0.1, 0.15) is 72.6 Å². The SMILES string of the molecule is CCCCCCCCCCCCOS(=O)(=O)O.O.[AlH3].[H-].[Na+]. The van der Waals surface area contributed by atoms with Gasteiger partial charge in [0.25, 0.3) is 0 Å². The Balaban J connectivity index is -0.000000213. The zero-order valence-electron chi connectivity index (χ0n) is 13.4. The van der Waals surface area contributed by atoms with Gasteiger partial charge in [-0.25, -0.2) is 4.18 Å². The van der Waals surface area contributed by atoms with Crippen molar-refractivity contribution in [2.24, 2.45) is 0 Å². The summed E-state index contributed by atoms with van der Waals surface area (Å²) in [5, 5.41) is 0. The number of unbranched alkanes of at least 4 members (excludes halogenated alkanes) is 9.